The number of benzene rings is 1. The van der Waals surface area contributed by atoms with Gasteiger partial charge in [-0.1, -0.05) is 51.5 Å². The van der Waals surface area contributed by atoms with Crippen molar-refractivity contribution in [3.63, 3.8) is 0 Å². The summed E-state index contributed by atoms with van der Waals surface area (Å²) in [5.74, 6) is 0.840. The zero-order valence-electron chi connectivity index (χ0n) is 11.6. The van der Waals surface area contributed by atoms with E-state index in [1.54, 1.807) is 0 Å². The molecular weight excluding hydrogens is 206 g/mol. The SMILES string of the molecule is CNC(c1ccc(C2CCC2)cc1)C(C)(C)C. The number of hydrogen-bond donors (Lipinski definition) is 1. The van der Waals surface area contributed by atoms with Crippen molar-refractivity contribution in [1.82, 2.24) is 5.32 Å². The van der Waals surface area contributed by atoms with Gasteiger partial charge in [0.2, 0.25) is 0 Å². The first kappa shape index (κ1) is 12.6. The van der Waals surface area contributed by atoms with Crippen LogP contribution in [0, 0.1) is 5.41 Å². The molecule has 0 spiro atoms. The number of nitrogens with one attached hydrogen (secondary N) is 1. The van der Waals surface area contributed by atoms with Crippen molar-refractivity contribution in [2.45, 2.75) is 52.0 Å². The summed E-state index contributed by atoms with van der Waals surface area (Å²) in [5.41, 5.74) is 3.19. The highest BCUT2D eigenvalue weighted by Gasteiger charge is 2.25. The summed E-state index contributed by atoms with van der Waals surface area (Å²) in [6, 6.07) is 9.70. The Morgan fingerprint density at radius 3 is 2.06 bits per heavy atom. The second-order valence-corrected chi connectivity index (χ2v) is 6.38. The van der Waals surface area contributed by atoms with E-state index in [0.29, 0.717) is 6.04 Å². The van der Waals surface area contributed by atoms with E-state index in [0.717, 1.165) is 5.92 Å². The molecule has 1 unspecified atom stereocenters. The maximum Gasteiger partial charge on any atom is 0.0366 e. The van der Waals surface area contributed by atoms with Gasteiger partial charge in [0.15, 0.2) is 0 Å². The summed E-state index contributed by atoms with van der Waals surface area (Å²) in [5, 5.41) is 3.43. The van der Waals surface area contributed by atoms with E-state index in [1.807, 2.05) is 0 Å². The molecule has 1 fully saturated rings. The molecule has 1 saturated carbocycles. The molecule has 94 valence electrons. The molecule has 0 bridgehead atoms. The van der Waals surface area contributed by atoms with Gasteiger partial charge in [-0.3, -0.25) is 0 Å². The van der Waals surface area contributed by atoms with Gasteiger partial charge in [-0.2, -0.15) is 0 Å². The maximum atomic E-state index is 3.43. The monoisotopic (exact) mass is 231 g/mol. The van der Waals surface area contributed by atoms with Gasteiger partial charge >= 0.3 is 0 Å². The lowest BCUT2D eigenvalue weighted by Gasteiger charge is -2.31. The molecule has 0 heterocycles. The largest absolute Gasteiger partial charge is 0.313 e. The molecule has 1 aromatic carbocycles. The first-order valence-corrected chi connectivity index (χ1v) is 6.79. The second kappa shape index (κ2) is 4.81. The zero-order chi connectivity index (χ0) is 12.5. The predicted molar refractivity (Wildman–Crippen MR) is 74.3 cm³/mol. The Kier molecular flexibility index (Phi) is 3.58. The van der Waals surface area contributed by atoms with Crippen LogP contribution in [-0.4, -0.2) is 7.05 Å². The molecule has 17 heavy (non-hydrogen) atoms. The quantitative estimate of drug-likeness (QED) is 0.819. The fourth-order valence-electron chi connectivity index (χ4n) is 2.80. The van der Waals surface area contributed by atoms with Gasteiger partial charge in [0.1, 0.15) is 0 Å². The molecule has 0 amide bonds. The van der Waals surface area contributed by atoms with Crippen LogP contribution in [0.25, 0.3) is 0 Å². The van der Waals surface area contributed by atoms with Gasteiger partial charge in [-0.25, -0.2) is 0 Å². The standard InChI is InChI=1S/C16H25N/c1-16(2,3)15(17-4)14-10-8-13(9-11-14)12-6-5-7-12/h8-12,15,17H,5-7H2,1-4H3. The van der Waals surface area contributed by atoms with Crippen LogP contribution in [0.3, 0.4) is 0 Å². The van der Waals surface area contributed by atoms with Gasteiger partial charge in [0, 0.05) is 6.04 Å². The predicted octanol–water partition coefficient (Wildman–Crippen LogP) is 4.26. The van der Waals surface area contributed by atoms with Crippen molar-refractivity contribution in [3.05, 3.63) is 35.4 Å². The molecule has 0 aliphatic heterocycles. The summed E-state index contributed by atoms with van der Waals surface area (Å²) in [7, 11) is 2.05. The Hall–Kier alpha value is -0.820. The third kappa shape index (κ3) is 2.71. The Morgan fingerprint density at radius 2 is 1.71 bits per heavy atom. The summed E-state index contributed by atoms with van der Waals surface area (Å²) in [6.07, 6.45) is 4.18. The van der Waals surface area contributed by atoms with Gasteiger partial charge < -0.3 is 5.32 Å². The third-order valence-corrected chi connectivity index (χ3v) is 4.00. The molecule has 1 N–H and O–H groups in total. The first-order chi connectivity index (χ1) is 8.02. The van der Waals surface area contributed by atoms with Crippen LogP contribution in [0.2, 0.25) is 0 Å². The van der Waals surface area contributed by atoms with Crippen LogP contribution in [0.1, 0.15) is 63.1 Å². The highest BCUT2D eigenvalue weighted by atomic mass is 14.9. The van der Waals surface area contributed by atoms with Crippen molar-refractivity contribution in [2.75, 3.05) is 7.05 Å². The summed E-state index contributed by atoms with van der Waals surface area (Å²) >= 11 is 0. The molecule has 1 nitrogen and oxygen atoms in total. The number of rotatable bonds is 3. The van der Waals surface area contributed by atoms with Crippen LogP contribution >= 0.6 is 0 Å². The topological polar surface area (TPSA) is 12.0 Å². The van der Waals surface area contributed by atoms with Gasteiger partial charge in [0.05, 0.1) is 0 Å². The smallest absolute Gasteiger partial charge is 0.0366 e. The Morgan fingerprint density at radius 1 is 1.12 bits per heavy atom. The third-order valence-electron chi connectivity index (χ3n) is 4.00. The van der Waals surface area contributed by atoms with E-state index in [-0.39, 0.29) is 5.41 Å². The highest BCUT2D eigenvalue weighted by molar-refractivity contribution is 5.29. The van der Waals surface area contributed by atoms with E-state index >= 15 is 0 Å². The van der Waals surface area contributed by atoms with Crippen LogP contribution in [0.5, 0.6) is 0 Å². The molecule has 1 aliphatic carbocycles. The van der Waals surface area contributed by atoms with Crippen molar-refractivity contribution in [2.24, 2.45) is 5.41 Å². The minimum Gasteiger partial charge on any atom is -0.313 e. The van der Waals surface area contributed by atoms with E-state index in [1.165, 1.54) is 30.4 Å². The zero-order valence-corrected chi connectivity index (χ0v) is 11.6. The Bertz CT molecular complexity index is 354. The minimum atomic E-state index is 0.257. The van der Waals surface area contributed by atoms with Crippen LogP contribution in [0.15, 0.2) is 24.3 Å². The molecule has 1 aliphatic rings. The first-order valence-electron chi connectivity index (χ1n) is 6.79. The van der Waals surface area contributed by atoms with Crippen LogP contribution < -0.4 is 5.32 Å². The van der Waals surface area contributed by atoms with E-state index in [4.69, 9.17) is 0 Å². The van der Waals surface area contributed by atoms with Crippen molar-refractivity contribution < 1.29 is 0 Å². The van der Waals surface area contributed by atoms with E-state index in [2.05, 4.69) is 57.4 Å². The van der Waals surface area contributed by atoms with Crippen molar-refractivity contribution >= 4 is 0 Å². The molecular formula is C16H25N. The van der Waals surface area contributed by atoms with E-state index in [9.17, 15) is 0 Å². The van der Waals surface area contributed by atoms with Crippen molar-refractivity contribution in [1.29, 1.82) is 0 Å². The maximum absolute atomic E-state index is 3.43. The van der Waals surface area contributed by atoms with Crippen molar-refractivity contribution in [3.8, 4) is 0 Å². The lowest BCUT2D eigenvalue weighted by atomic mass is 9.78. The molecule has 0 saturated heterocycles. The Labute approximate surface area is 106 Å². The van der Waals surface area contributed by atoms with Crippen LogP contribution in [-0.2, 0) is 0 Å². The fourth-order valence-corrected chi connectivity index (χ4v) is 2.80. The molecule has 1 atom stereocenters. The molecule has 0 aromatic heterocycles. The van der Waals surface area contributed by atoms with Gasteiger partial charge in [-0.05, 0) is 42.3 Å². The van der Waals surface area contributed by atoms with Crippen LogP contribution in [0.4, 0.5) is 0 Å². The van der Waals surface area contributed by atoms with Gasteiger partial charge in [0.25, 0.3) is 0 Å². The summed E-state index contributed by atoms with van der Waals surface area (Å²) in [4.78, 5) is 0. The van der Waals surface area contributed by atoms with Gasteiger partial charge in [-0.15, -0.1) is 0 Å². The lowest BCUT2D eigenvalue weighted by molar-refractivity contribution is 0.287. The second-order valence-electron chi connectivity index (χ2n) is 6.38. The summed E-state index contributed by atoms with van der Waals surface area (Å²) < 4.78 is 0. The fraction of sp³-hybridized carbons (Fsp3) is 0.625. The summed E-state index contributed by atoms with van der Waals surface area (Å²) in [6.45, 7) is 6.86. The normalized spacial score (nSPS) is 18.8. The highest BCUT2D eigenvalue weighted by Crippen LogP contribution is 2.38. The molecule has 0 radical (unpaired) electrons. The van der Waals surface area contributed by atoms with E-state index < -0.39 is 0 Å². The molecule has 1 heteroatoms. The average Bonchev–Trinajstić information content (AvgIpc) is 2.16. The average molecular weight is 231 g/mol. The lowest BCUT2D eigenvalue weighted by Crippen LogP contribution is -2.29. The number of hydrogen-bond acceptors (Lipinski definition) is 1. The molecule has 2 rings (SSSR count). The molecule has 1 aromatic rings. The minimum absolute atomic E-state index is 0.257. The Balaban J connectivity index is 2.15.